The molecule has 2 atom stereocenters. The third-order valence-corrected chi connectivity index (χ3v) is 4.20. The molecule has 0 spiro atoms. The van der Waals surface area contributed by atoms with Gasteiger partial charge in [-0.3, -0.25) is 0 Å². The fourth-order valence-corrected chi connectivity index (χ4v) is 2.49. The molecule has 1 fully saturated rings. The fourth-order valence-electron chi connectivity index (χ4n) is 2.13. The number of halogens is 1. The van der Waals surface area contributed by atoms with Crippen LogP contribution in [0.2, 0.25) is 0 Å². The molecule has 0 heterocycles. The molecule has 2 rings (SSSR count). The Morgan fingerprint density at radius 1 is 1.47 bits per heavy atom. The molecule has 0 aromatic heterocycles. The first-order valence-corrected chi connectivity index (χ1v) is 6.52. The van der Waals surface area contributed by atoms with Gasteiger partial charge in [-0.15, -0.1) is 0 Å². The van der Waals surface area contributed by atoms with Crippen molar-refractivity contribution in [2.75, 3.05) is 12.4 Å². The van der Waals surface area contributed by atoms with Crippen molar-refractivity contribution in [3.63, 3.8) is 0 Å². The minimum absolute atomic E-state index is 0.0900. The lowest BCUT2D eigenvalue weighted by molar-refractivity contribution is -0.0511. The van der Waals surface area contributed by atoms with E-state index in [0.29, 0.717) is 0 Å². The molecule has 2 N–H and O–H groups in total. The van der Waals surface area contributed by atoms with Crippen molar-refractivity contribution in [1.29, 1.82) is 0 Å². The molecule has 94 valence electrons. The second-order valence-corrected chi connectivity index (χ2v) is 6.03. The number of ether oxygens (including phenoxy) is 1. The van der Waals surface area contributed by atoms with Crippen molar-refractivity contribution in [3.8, 4) is 5.75 Å². The summed E-state index contributed by atoms with van der Waals surface area (Å²) in [5, 5.41) is 13.2. The van der Waals surface area contributed by atoms with E-state index in [1.54, 1.807) is 7.11 Å². The standard InChI is InChI=1S/C13H18BrNO2/c1-13(2)11(7-12(13)16)15-9-6-8(14)4-5-10(9)17-3/h4-6,11-12,15-16H,7H2,1-3H3. The van der Waals surface area contributed by atoms with Gasteiger partial charge < -0.3 is 15.2 Å². The number of rotatable bonds is 3. The number of aliphatic hydroxyl groups is 1. The maximum atomic E-state index is 9.72. The van der Waals surface area contributed by atoms with Gasteiger partial charge in [-0.2, -0.15) is 0 Å². The molecule has 1 aliphatic carbocycles. The van der Waals surface area contributed by atoms with Crippen LogP contribution in [0.3, 0.4) is 0 Å². The molecule has 0 aliphatic heterocycles. The van der Waals surface area contributed by atoms with E-state index in [1.807, 2.05) is 18.2 Å². The van der Waals surface area contributed by atoms with Crippen LogP contribution >= 0.6 is 15.9 Å². The molecular weight excluding hydrogens is 282 g/mol. The summed E-state index contributed by atoms with van der Waals surface area (Å²) in [5.41, 5.74) is 0.875. The van der Waals surface area contributed by atoms with Crippen molar-refractivity contribution in [2.45, 2.75) is 32.4 Å². The highest BCUT2D eigenvalue weighted by molar-refractivity contribution is 9.10. The largest absolute Gasteiger partial charge is 0.495 e. The summed E-state index contributed by atoms with van der Waals surface area (Å²) in [4.78, 5) is 0. The molecule has 0 amide bonds. The van der Waals surface area contributed by atoms with E-state index >= 15 is 0 Å². The van der Waals surface area contributed by atoms with Crippen LogP contribution in [-0.4, -0.2) is 24.4 Å². The Balaban J connectivity index is 2.16. The Morgan fingerprint density at radius 3 is 2.71 bits per heavy atom. The van der Waals surface area contributed by atoms with Crippen LogP contribution in [0.25, 0.3) is 0 Å². The molecular formula is C13H18BrNO2. The van der Waals surface area contributed by atoms with Gasteiger partial charge in [0.25, 0.3) is 0 Å². The molecule has 1 aromatic rings. The van der Waals surface area contributed by atoms with Gasteiger partial charge in [0.15, 0.2) is 0 Å². The van der Waals surface area contributed by atoms with Crippen LogP contribution in [-0.2, 0) is 0 Å². The lowest BCUT2D eigenvalue weighted by atomic mass is 9.64. The number of hydrogen-bond donors (Lipinski definition) is 2. The number of hydrogen-bond acceptors (Lipinski definition) is 3. The van der Waals surface area contributed by atoms with Crippen LogP contribution in [0.4, 0.5) is 5.69 Å². The Kier molecular flexibility index (Phi) is 3.36. The second-order valence-electron chi connectivity index (χ2n) is 5.11. The highest BCUT2D eigenvalue weighted by Crippen LogP contribution is 2.43. The Morgan fingerprint density at radius 2 is 2.18 bits per heavy atom. The Hall–Kier alpha value is -0.740. The Bertz CT molecular complexity index is 420. The number of aliphatic hydroxyl groups excluding tert-OH is 1. The van der Waals surface area contributed by atoms with E-state index in [0.717, 1.165) is 22.3 Å². The highest BCUT2D eigenvalue weighted by atomic mass is 79.9. The summed E-state index contributed by atoms with van der Waals surface area (Å²) in [7, 11) is 1.66. The smallest absolute Gasteiger partial charge is 0.142 e. The molecule has 0 radical (unpaired) electrons. The van der Waals surface area contributed by atoms with Crippen molar-refractivity contribution in [2.24, 2.45) is 5.41 Å². The molecule has 2 unspecified atom stereocenters. The number of nitrogens with one attached hydrogen (secondary N) is 1. The number of anilines is 1. The normalized spacial score (nSPS) is 26.2. The Labute approximate surface area is 110 Å². The summed E-state index contributed by atoms with van der Waals surface area (Å²) >= 11 is 3.45. The van der Waals surface area contributed by atoms with Gasteiger partial charge in [-0.05, 0) is 24.6 Å². The molecule has 1 aromatic carbocycles. The number of methoxy groups -OCH3 is 1. The van der Waals surface area contributed by atoms with Crippen LogP contribution in [0.5, 0.6) is 5.75 Å². The molecule has 1 aliphatic rings. The average Bonchev–Trinajstić information content (AvgIpc) is 2.29. The average molecular weight is 300 g/mol. The SMILES string of the molecule is COc1ccc(Br)cc1NC1CC(O)C1(C)C. The fraction of sp³-hybridized carbons (Fsp3) is 0.538. The summed E-state index contributed by atoms with van der Waals surface area (Å²) in [5.74, 6) is 0.824. The predicted molar refractivity (Wildman–Crippen MR) is 72.5 cm³/mol. The van der Waals surface area contributed by atoms with Crippen LogP contribution in [0.1, 0.15) is 20.3 Å². The van der Waals surface area contributed by atoms with Gasteiger partial charge in [-0.1, -0.05) is 29.8 Å². The molecule has 0 saturated heterocycles. The first-order chi connectivity index (χ1) is 7.95. The van der Waals surface area contributed by atoms with Crippen molar-refractivity contribution < 1.29 is 9.84 Å². The van der Waals surface area contributed by atoms with Crippen molar-refractivity contribution >= 4 is 21.6 Å². The zero-order valence-corrected chi connectivity index (χ0v) is 11.9. The second kappa shape index (κ2) is 4.50. The third kappa shape index (κ3) is 2.29. The van der Waals surface area contributed by atoms with Crippen LogP contribution < -0.4 is 10.1 Å². The maximum absolute atomic E-state index is 9.72. The first-order valence-electron chi connectivity index (χ1n) is 5.73. The van der Waals surface area contributed by atoms with Crippen molar-refractivity contribution in [3.05, 3.63) is 22.7 Å². The summed E-state index contributed by atoms with van der Waals surface area (Å²) in [6, 6.07) is 6.15. The van der Waals surface area contributed by atoms with E-state index in [9.17, 15) is 5.11 Å². The van der Waals surface area contributed by atoms with E-state index in [2.05, 4.69) is 35.1 Å². The molecule has 4 heteroatoms. The van der Waals surface area contributed by atoms with Gasteiger partial charge in [0.2, 0.25) is 0 Å². The maximum Gasteiger partial charge on any atom is 0.142 e. The zero-order valence-electron chi connectivity index (χ0n) is 10.3. The van der Waals surface area contributed by atoms with Crippen molar-refractivity contribution in [1.82, 2.24) is 0 Å². The van der Waals surface area contributed by atoms with Gasteiger partial charge in [0, 0.05) is 15.9 Å². The number of benzene rings is 1. The molecule has 3 nitrogen and oxygen atoms in total. The quantitative estimate of drug-likeness (QED) is 0.901. The van der Waals surface area contributed by atoms with Crippen LogP contribution in [0, 0.1) is 5.41 Å². The van der Waals surface area contributed by atoms with Gasteiger partial charge >= 0.3 is 0 Å². The van der Waals surface area contributed by atoms with Gasteiger partial charge in [0.05, 0.1) is 18.9 Å². The highest BCUT2D eigenvalue weighted by Gasteiger charge is 2.47. The molecule has 17 heavy (non-hydrogen) atoms. The monoisotopic (exact) mass is 299 g/mol. The summed E-state index contributed by atoms with van der Waals surface area (Å²) in [6.45, 7) is 4.15. The topological polar surface area (TPSA) is 41.5 Å². The predicted octanol–water partition coefficient (Wildman–Crippen LogP) is 3.03. The minimum Gasteiger partial charge on any atom is -0.495 e. The molecule has 1 saturated carbocycles. The van der Waals surface area contributed by atoms with E-state index < -0.39 is 0 Å². The van der Waals surface area contributed by atoms with E-state index in [-0.39, 0.29) is 17.6 Å². The minimum atomic E-state index is -0.224. The van der Waals surface area contributed by atoms with Gasteiger partial charge in [0.1, 0.15) is 5.75 Å². The van der Waals surface area contributed by atoms with E-state index in [4.69, 9.17) is 4.74 Å². The summed E-state index contributed by atoms with van der Waals surface area (Å²) < 4.78 is 6.33. The lowest BCUT2D eigenvalue weighted by Crippen LogP contribution is -2.56. The zero-order chi connectivity index (χ0) is 12.6. The third-order valence-electron chi connectivity index (χ3n) is 3.71. The first kappa shape index (κ1) is 12.7. The van der Waals surface area contributed by atoms with Gasteiger partial charge in [-0.25, -0.2) is 0 Å². The van der Waals surface area contributed by atoms with E-state index in [1.165, 1.54) is 0 Å². The van der Waals surface area contributed by atoms with Crippen LogP contribution in [0.15, 0.2) is 22.7 Å². The lowest BCUT2D eigenvalue weighted by Gasteiger charge is -2.50. The molecule has 0 bridgehead atoms. The summed E-state index contributed by atoms with van der Waals surface area (Å²) in [6.07, 6.45) is 0.556.